The summed E-state index contributed by atoms with van der Waals surface area (Å²) in [6.07, 6.45) is 51.2. The lowest BCUT2D eigenvalue weighted by atomic mass is 10.1. The predicted molar refractivity (Wildman–Crippen MR) is 255 cm³/mol. The Kier molecular flexibility index (Phi) is 41.5. The van der Waals surface area contributed by atoms with Crippen molar-refractivity contribution in [3.8, 4) is 0 Å². The van der Waals surface area contributed by atoms with Crippen LogP contribution in [0.25, 0.3) is 0 Å². The SMILES string of the molecule is CC/C=C\C/C=C\C/C=C\C/C=C\C/C=C\C=C/C(O)CCC(=O)O[C@H](COC(=O)CCCCCCCCCCC/C=C\CCCCCCCC)COP(=O)(O)OC[C@H](N)C(=O)O. The number of carboxylic acid groups (broad SMARTS) is 1. The van der Waals surface area contributed by atoms with Crippen LogP contribution >= 0.6 is 7.82 Å². The molecule has 0 bridgehead atoms. The fourth-order valence-corrected chi connectivity index (χ4v) is 6.77. The van der Waals surface area contributed by atoms with Gasteiger partial charge in [-0.2, -0.15) is 0 Å². The molecular weight excluding hydrogens is 822 g/mol. The summed E-state index contributed by atoms with van der Waals surface area (Å²) in [5.41, 5.74) is 5.33. The first kappa shape index (κ1) is 59.6. The number of ether oxygens (including phenoxy) is 2. The van der Waals surface area contributed by atoms with E-state index < -0.39 is 63.8 Å². The summed E-state index contributed by atoms with van der Waals surface area (Å²) in [5, 5.41) is 19.2. The molecule has 0 heterocycles. The number of allylic oxidation sites excluding steroid dienone is 13. The van der Waals surface area contributed by atoms with Crippen molar-refractivity contribution in [2.24, 2.45) is 5.73 Å². The number of rotatable bonds is 43. The van der Waals surface area contributed by atoms with Crippen molar-refractivity contribution in [2.45, 2.75) is 193 Å². The number of esters is 2. The highest BCUT2D eigenvalue weighted by Gasteiger charge is 2.28. The molecule has 63 heavy (non-hydrogen) atoms. The molecule has 360 valence electrons. The van der Waals surface area contributed by atoms with Crippen molar-refractivity contribution in [3.05, 3.63) is 85.1 Å². The molecule has 0 spiro atoms. The molecular formula is C50H84NO11P. The van der Waals surface area contributed by atoms with Crippen molar-refractivity contribution in [1.29, 1.82) is 0 Å². The summed E-state index contributed by atoms with van der Waals surface area (Å²) >= 11 is 0. The number of hydrogen-bond donors (Lipinski definition) is 4. The van der Waals surface area contributed by atoms with Crippen molar-refractivity contribution in [1.82, 2.24) is 0 Å². The molecule has 12 nitrogen and oxygen atoms in total. The molecule has 0 aromatic carbocycles. The number of carbonyl (C=O) groups is 3. The Balaban J connectivity index is 4.53. The zero-order valence-electron chi connectivity index (χ0n) is 38.7. The van der Waals surface area contributed by atoms with Crippen LogP contribution in [0.5, 0.6) is 0 Å². The van der Waals surface area contributed by atoms with Crippen molar-refractivity contribution in [2.75, 3.05) is 19.8 Å². The Bertz CT molecular complexity index is 1400. The summed E-state index contributed by atoms with van der Waals surface area (Å²) in [4.78, 5) is 46.1. The van der Waals surface area contributed by atoms with Crippen LogP contribution in [0, 0.1) is 0 Å². The third-order valence-corrected chi connectivity index (χ3v) is 10.7. The number of aliphatic hydroxyl groups excluding tert-OH is 1. The fourth-order valence-electron chi connectivity index (χ4n) is 5.99. The monoisotopic (exact) mass is 906 g/mol. The number of hydrogen-bond acceptors (Lipinski definition) is 10. The van der Waals surface area contributed by atoms with E-state index in [0.717, 1.165) is 57.8 Å². The minimum atomic E-state index is -4.79. The van der Waals surface area contributed by atoms with Crippen LogP contribution in [0.4, 0.5) is 0 Å². The van der Waals surface area contributed by atoms with Gasteiger partial charge in [0, 0.05) is 12.8 Å². The van der Waals surface area contributed by atoms with Crippen molar-refractivity contribution >= 4 is 25.7 Å². The van der Waals surface area contributed by atoms with E-state index in [1.165, 1.54) is 77.0 Å². The van der Waals surface area contributed by atoms with Crippen LogP contribution in [0.2, 0.25) is 0 Å². The summed E-state index contributed by atoms with van der Waals surface area (Å²) in [6, 6.07) is -1.56. The summed E-state index contributed by atoms with van der Waals surface area (Å²) in [5.74, 6) is -2.70. The second-order valence-electron chi connectivity index (χ2n) is 15.7. The first-order valence-corrected chi connectivity index (χ1v) is 25.2. The maximum Gasteiger partial charge on any atom is 0.472 e. The quantitative estimate of drug-likeness (QED) is 0.0149. The minimum Gasteiger partial charge on any atom is -0.480 e. The van der Waals surface area contributed by atoms with E-state index in [0.29, 0.717) is 6.42 Å². The molecule has 0 rings (SSSR count). The maximum absolute atomic E-state index is 12.7. The second-order valence-corrected chi connectivity index (χ2v) is 17.2. The highest BCUT2D eigenvalue weighted by molar-refractivity contribution is 7.47. The third kappa shape index (κ3) is 43.6. The normalized spacial score (nSPS) is 14.9. The van der Waals surface area contributed by atoms with Gasteiger partial charge < -0.3 is 30.3 Å². The highest BCUT2D eigenvalue weighted by Crippen LogP contribution is 2.43. The van der Waals surface area contributed by atoms with E-state index in [-0.39, 0.29) is 19.3 Å². The number of phosphoric acid groups is 1. The molecule has 0 aromatic heterocycles. The molecule has 0 radical (unpaired) electrons. The number of nitrogens with two attached hydrogens (primary N) is 1. The number of carboxylic acids is 1. The number of aliphatic carboxylic acids is 1. The molecule has 0 aromatic rings. The summed E-state index contributed by atoms with van der Waals surface area (Å²) in [7, 11) is -4.79. The number of aliphatic hydroxyl groups is 1. The number of phosphoric ester groups is 1. The Morgan fingerprint density at radius 1 is 0.587 bits per heavy atom. The molecule has 2 unspecified atom stereocenters. The van der Waals surface area contributed by atoms with E-state index in [1.807, 2.05) is 6.08 Å². The van der Waals surface area contributed by atoms with Gasteiger partial charge in [-0.05, 0) is 70.6 Å². The third-order valence-electron chi connectivity index (χ3n) is 9.74. The molecule has 0 saturated heterocycles. The standard InChI is InChI=1S/C50H84NO11P/c1-3-5-7-9-11-13-15-17-19-21-22-23-25-27-29-31-33-35-37-39-48(53)59-42-46(43-60-63(57,58)61-44-47(51)50(55)56)62-49(54)41-40-45(52)38-36-34-32-30-28-26-24-20-18-16-14-12-10-8-6-4-2/h6,8,12,14,17-20,26,28,32,34,36,38,45-47,52H,3-5,7,9-11,13,15-16,21-25,27,29-31,33,35,37,39-44,51H2,1-2H3,(H,55,56)(H,57,58)/b8-6-,14-12-,19-17-,20-18-,28-26-,34-32-,38-36-/t45?,46-,47+/m1/s1. The zero-order chi connectivity index (χ0) is 46.5. The number of unbranched alkanes of at least 4 members (excludes halogenated alkanes) is 15. The van der Waals surface area contributed by atoms with Gasteiger partial charge in [-0.1, -0.05) is 176 Å². The van der Waals surface area contributed by atoms with E-state index in [1.54, 1.807) is 18.2 Å². The zero-order valence-corrected chi connectivity index (χ0v) is 39.6. The molecule has 13 heteroatoms. The van der Waals surface area contributed by atoms with Gasteiger partial charge in [0.05, 0.1) is 19.3 Å². The first-order valence-electron chi connectivity index (χ1n) is 23.7. The Morgan fingerprint density at radius 3 is 1.62 bits per heavy atom. The van der Waals surface area contributed by atoms with Gasteiger partial charge in [-0.3, -0.25) is 23.4 Å². The average molecular weight is 906 g/mol. The van der Waals surface area contributed by atoms with Crippen LogP contribution in [0.15, 0.2) is 85.1 Å². The number of carbonyl (C=O) groups excluding carboxylic acids is 2. The lowest BCUT2D eigenvalue weighted by molar-refractivity contribution is -0.161. The second kappa shape index (κ2) is 43.9. The van der Waals surface area contributed by atoms with Crippen LogP contribution < -0.4 is 5.73 Å². The molecule has 0 aliphatic heterocycles. The fraction of sp³-hybridized carbons (Fsp3) is 0.660. The minimum absolute atomic E-state index is 0.0408. The maximum atomic E-state index is 12.7. The van der Waals surface area contributed by atoms with E-state index in [2.05, 4.69) is 79.1 Å². The van der Waals surface area contributed by atoms with Crippen LogP contribution in [-0.4, -0.2) is 71.1 Å². The van der Waals surface area contributed by atoms with Gasteiger partial charge in [-0.15, -0.1) is 0 Å². The van der Waals surface area contributed by atoms with Gasteiger partial charge in [-0.25, -0.2) is 4.57 Å². The van der Waals surface area contributed by atoms with Crippen LogP contribution in [0.3, 0.4) is 0 Å². The largest absolute Gasteiger partial charge is 0.480 e. The smallest absolute Gasteiger partial charge is 0.472 e. The Hall–Kier alpha value is -3.38. The first-order chi connectivity index (χ1) is 30.5. The molecule has 0 fully saturated rings. The van der Waals surface area contributed by atoms with Gasteiger partial charge >= 0.3 is 25.7 Å². The van der Waals surface area contributed by atoms with Gasteiger partial charge in [0.15, 0.2) is 6.10 Å². The van der Waals surface area contributed by atoms with Gasteiger partial charge in [0.1, 0.15) is 12.6 Å². The van der Waals surface area contributed by atoms with Crippen molar-refractivity contribution in [3.63, 3.8) is 0 Å². The average Bonchev–Trinajstić information content (AvgIpc) is 3.26. The predicted octanol–water partition coefficient (Wildman–Crippen LogP) is 12.0. The van der Waals surface area contributed by atoms with E-state index >= 15 is 0 Å². The Morgan fingerprint density at radius 2 is 1.08 bits per heavy atom. The lowest BCUT2D eigenvalue weighted by Crippen LogP contribution is -2.34. The summed E-state index contributed by atoms with van der Waals surface area (Å²) in [6.45, 7) is 2.44. The molecule has 0 amide bonds. The van der Waals surface area contributed by atoms with Crippen LogP contribution in [0.1, 0.15) is 174 Å². The van der Waals surface area contributed by atoms with Crippen LogP contribution in [-0.2, 0) is 37.5 Å². The van der Waals surface area contributed by atoms with Crippen molar-refractivity contribution < 1.29 is 52.6 Å². The topological polar surface area (TPSA) is 192 Å². The molecule has 0 aliphatic rings. The highest BCUT2D eigenvalue weighted by atomic mass is 31.2. The van der Waals surface area contributed by atoms with E-state index in [4.69, 9.17) is 24.8 Å². The molecule has 4 atom stereocenters. The van der Waals surface area contributed by atoms with Gasteiger partial charge in [0.25, 0.3) is 0 Å². The lowest BCUT2D eigenvalue weighted by Gasteiger charge is -2.20. The Labute approximate surface area is 380 Å². The molecule has 0 aliphatic carbocycles. The van der Waals surface area contributed by atoms with E-state index in [9.17, 15) is 28.9 Å². The molecule has 5 N–H and O–H groups in total. The molecule has 0 saturated carbocycles. The summed E-state index contributed by atoms with van der Waals surface area (Å²) < 4.78 is 32.6. The van der Waals surface area contributed by atoms with Gasteiger partial charge in [0.2, 0.25) is 0 Å².